The first kappa shape index (κ1) is 30.7. The number of nitrogens with zero attached hydrogens (tertiary/aromatic N) is 4. The van der Waals surface area contributed by atoms with Gasteiger partial charge >= 0.3 is 5.97 Å². The van der Waals surface area contributed by atoms with Crippen molar-refractivity contribution < 1.29 is 31.8 Å². The molecule has 0 spiro atoms. The van der Waals surface area contributed by atoms with Gasteiger partial charge < -0.3 is 14.4 Å². The first-order chi connectivity index (χ1) is 21.5. The molecule has 236 valence electrons. The number of aromatic nitrogens is 3. The standard InChI is InChI=1S/C33H34F2N4O5S/c1-4-27-30-26(36-38(27)3)19-37(2)45(42,43)18-8-16-39-31-23(12-13-25(35)29(30)31)22(32(39)33(40)41)11-7-17-44-28-15-14-24(34)20-9-5-6-10-21(20)28/h5-6,9-10,12-15H,4,7-8,11,16-19H2,1-3H3,(H,40,41). The Hall–Kier alpha value is -4.29. The van der Waals surface area contributed by atoms with Crippen LogP contribution in [0.3, 0.4) is 0 Å². The van der Waals surface area contributed by atoms with Crippen molar-refractivity contribution in [1.82, 2.24) is 18.7 Å². The fraction of sp³-hybridized carbons (Fsp3) is 0.333. The Morgan fingerprint density at radius 2 is 1.73 bits per heavy atom. The van der Waals surface area contributed by atoms with Gasteiger partial charge in [0.05, 0.1) is 30.1 Å². The van der Waals surface area contributed by atoms with Gasteiger partial charge in [0.15, 0.2) is 0 Å². The third-order valence-corrected chi connectivity index (χ3v) is 10.5. The number of aryl methyl sites for hydroxylation is 3. The normalized spacial score (nSPS) is 15.2. The largest absolute Gasteiger partial charge is 0.493 e. The van der Waals surface area contributed by atoms with E-state index in [1.165, 1.54) is 23.5 Å². The topological polar surface area (TPSA) is 107 Å². The molecule has 2 aromatic heterocycles. The average Bonchev–Trinajstić information content (AvgIpc) is 3.48. The third-order valence-electron chi connectivity index (χ3n) is 8.59. The van der Waals surface area contributed by atoms with Gasteiger partial charge in [0.2, 0.25) is 10.0 Å². The molecule has 6 rings (SSSR count). The summed E-state index contributed by atoms with van der Waals surface area (Å²) in [5.41, 5.74) is 2.76. The van der Waals surface area contributed by atoms with Gasteiger partial charge in [-0.3, -0.25) is 4.68 Å². The Morgan fingerprint density at radius 3 is 2.47 bits per heavy atom. The highest BCUT2D eigenvalue weighted by molar-refractivity contribution is 7.89. The van der Waals surface area contributed by atoms with E-state index in [1.807, 2.05) is 6.92 Å². The van der Waals surface area contributed by atoms with Crippen LogP contribution in [0.15, 0.2) is 48.5 Å². The summed E-state index contributed by atoms with van der Waals surface area (Å²) in [6.45, 7) is 2.16. The van der Waals surface area contributed by atoms with Crippen LogP contribution in [0.2, 0.25) is 0 Å². The summed E-state index contributed by atoms with van der Waals surface area (Å²) in [4.78, 5) is 12.9. The maximum Gasteiger partial charge on any atom is 0.352 e. The van der Waals surface area contributed by atoms with Gasteiger partial charge in [-0.25, -0.2) is 22.0 Å². The third kappa shape index (κ3) is 5.35. The van der Waals surface area contributed by atoms with E-state index in [0.717, 1.165) is 0 Å². The van der Waals surface area contributed by atoms with Crippen LogP contribution in [-0.4, -0.2) is 57.6 Å². The number of benzene rings is 3. The van der Waals surface area contributed by atoms with Crippen molar-refractivity contribution in [2.75, 3.05) is 19.4 Å². The second-order valence-corrected chi connectivity index (χ2v) is 13.5. The number of carboxylic acids is 1. The summed E-state index contributed by atoms with van der Waals surface area (Å²) in [7, 11) is -0.479. The number of ether oxygens (including phenoxy) is 1. The fourth-order valence-corrected chi connectivity index (χ4v) is 7.66. The van der Waals surface area contributed by atoms with Gasteiger partial charge in [0.25, 0.3) is 0 Å². The number of fused-ring (bicyclic) bond motifs is 3. The molecule has 0 saturated carbocycles. The molecule has 0 bridgehead atoms. The van der Waals surface area contributed by atoms with Crippen molar-refractivity contribution in [3.05, 3.63) is 82.8 Å². The van der Waals surface area contributed by atoms with E-state index in [0.29, 0.717) is 69.2 Å². The molecule has 3 heterocycles. The minimum atomic E-state index is -3.70. The van der Waals surface area contributed by atoms with Crippen LogP contribution < -0.4 is 4.74 Å². The zero-order chi connectivity index (χ0) is 32.0. The number of hydrogen-bond acceptors (Lipinski definition) is 5. The van der Waals surface area contributed by atoms with E-state index >= 15 is 4.39 Å². The van der Waals surface area contributed by atoms with Crippen molar-refractivity contribution >= 4 is 37.7 Å². The van der Waals surface area contributed by atoms with Crippen LogP contribution in [0, 0.1) is 11.6 Å². The molecule has 1 N–H and O–H groups in total. The predicted molar refractivity (Wildman–Crippen MR) is 168 cm³/mol. The number of rotatable bonds is 7. The maximum atomic E-state index is 16.1. The van der Waals surface area contributed by atoms with Crippen LogP contribution in [0.5, 0.6) is 5.75 Å². The molecule has 45 heavy (non-hydrogen) atoms. The van der Waals surface area contributed by atoms with Crippen molar-refractivity contribution in [2.45, 2.75) is 45.7 Å². The van der Waals surface area contributed by atoms with Gasteiger partial charge in [-0.1, -0.05) is 31.2 Å². The van der Waals surface area contributed by atoms with Crippen LogP contribution >= 0.6 is 0 Å². The molecule has 0 saturated heterocycles. The fourth-order valence-electron chi connectivity index (χ4n) is 6.54. The van der Waals surface area contributed by atoms with E-state index in [2.05, 4.69) is 5.10 Å². The Labute approximate surface area is 259 Å². The Kier molecular flexibility index (Phi) is 8.13. The summed E-state index contributed by atoms with van der Waals surface area (Å²) < 4.78 is 67.1. The lowest BCUT2D eigenvalue weighted by Crippen LogP contribution is -2.29. The number of sulfonamides is 1. The summed E-state index contributed by atoms with van der Waals surface area (Å²) in [6.07, 6.45) is 1.37. The molecule has 9 nitrogen and oxygen atoms in total. The van der Waals surface area contributed by atoms with E-state index in [-0.39, 0.29) is 48.9 Å². The minimum absolute atomic E-state index is 0.00225. The van der Waals surface area contributed by atoms with Crippen LogP contribution in [0.4, 0.5) is 8.78 Å². The van der Waals surface area contributed by atoms with Gasteiger partial charge in [-0.2, -0.15) is 9.40 Å². The van der Waals surface area contributed by atoms with E-state index < -0.39 is 21.8 Å². The lowest BCUT2D eigenvalue weighted by Gasteiger charge is -2.16. The second kappa shape index (κ2) is 11.9. The van der Waals surface area contributed by atoms with Gasteiger partial charge in [0.1, 0.15) is 23.1 Å². The SMILES string of the molecule is CCc1c2c(nn1C)CN(C)S(=O)(=O)CCCn1c(C(=O)O)c(CCCOc3ccc(F)c4ccccc34)c3ccc(F)c-2c31. The van der Waals surface area contributed by atoms with E-state index in [1.54, 1.807) is 52.7 Å². The second-order valence-electron chi connectivity index (χ2n) is 11.3. The minimum Gasteiger partial charge on any atom is -0.493 e. The van der Waals surface area contributed by atoms with Crippen molar-refractivity contribution in [2.24, 2.45) is 7.05 Å². The smallest absolute Gasteiger partial charge is 0.352 e. The highest BCUT2D eigenvalue weighted by Gasteiger charge is 2.31. The molecule has 0 atom stereocenters. The average molecular weight is 637 g/mol. The number of carboxylic acid groups (broad SMARTS) is 1. The summed E-state index contributed by atoms with van der Waals surface area (Å²) in [5.74, 6) is -1.75. The Bertz CT molecular complexity index is 2070. The molecular formula is C33H34F2N4O5S. The van der Waals surface area contributed by atoms with E-state index in [4.69, 9.17) is 4.74 Å². The van der Waals surface area contributed by atoms with Crippen LogP contribution in [0.25, 0.3) is 32.8 Å². The van der Waals surface area contributed by atoms with Crippen LogP contribution in [-0.2, 0) is 43.0 Å². The summed E-state index contributed by atoms with van der Waals surface area (Å²) in [6, 6.07) is 12.9. The van der Waals surface area contributed by atoms with Crippen molar-refractivity contribution in [3.63, 3.8) is 0 Å². The highest BCUT2D eigenvalue weighted by atomic mass is 32.2. The number of aromatic carboxylic acids is 1. The molecule has 1 aliphatic heterocycles. The summed E-state index contributed by atoms with van der Waals surface area (Å²) in [5, 5.41) is 16.8. The molecule has 5 aromatic rings. The maximum absolute atomic E-state index is 16.1. The summed E-state index contributed by atoms with van der Waals surface area (Å²) >= 11 is 0. The first-order valence-electron chi connectivity index (χ1n) is 14.9. The van der Waals surface area contributed by atoms with E-state index in [9.17, 15) is 22.7 Å². The zero-order valence-corrected chi connectivity index (χ0v) is 26.1. The molecular weight excluding hydrogens is 602 g/mol. The molecule has 0 fully saturated rings. The molecule has 3 aromatic carbocycles. The molecule has 12 heteroatoms. The molecule has 0 aliphatic carbocycles. The van der Waals surface area contributed by atoms with Crippen molar-refractivity contribution in [1.29, 1.82) is 0 Å². The lowest BCUT2D eigenvalue weighted by atomic mass is 9.96. The zero-order valence-electron chi connectivity index (χ0n) is 25.3. The van der Waals surface area contributed by atoms with Gasteiger partial charge in [-0.15, -0.1) is 0 Å². The van der Waals surface area contributed by atoms with Gasteiger partial charge in [0, 0.05) is 53.6 Å². The first-order valence-corrected chi connectivity index (χ1v) is 16.5. The quantitative estimate of drug-likeness (QED) is 0.223. The molecule has 0 unspecified atom stereocenters. The molecule has 1 aliphatic rings. The predicted octanol–water partition coefficient (Wildman–Crippen LogP) is 5.91. The number of hydrogen-bond donors (Lipinski definition) is 1. The Balaban J connectivity index is 1.46. The van der Waals surface area contributed by atoms with Gasteiger partial charge in [-0.05, 0) is 55.5 Å². The number of carbonyl (C=O) groups is 1. The van der Waals surface area contributed by atoms with Crippen LogP contribution in [0.1, 0.15) is 47.2 Å². The van der Waals surface area contributed by atoms with Crippen molar-refractivity contribution in [3.8, 4) is 16.9 Å². The number of halogens is 2. The molecule has 0 radical (unpaired) electrons. The highest BCUT2D eigenvalue weighted by Crippen LogP contribution is 2.41. The monoisotopic (exact) mass is 636 g/mol. The molecule has 0 amide bonds. The Morgan fingerprint density at radius 1 is 1.00 bits per heavy atom. The lowest BCUT2D eigenvalue weighted by molar-refractivity contribution is 0.0684.